The monoisotopic (exact) mass is 296 g/mol. The van der Waals surface area contributed by atoms with Gasteiger partial charge in [0.1, 0.15) is 12.4 Å². The Morgan fingerprint density at radius 3 is 2.71 bits per heavy atom. The molecule has 0 aliphatic carbocycles. The molecule has 118 valence electrons. The Kier molecular flexibility index (Phi) is 7.11. The summed E-state index contributed by atoms with van der Waals surface area (Å²) >= 11 is 0. The van der Waals surface area contributed by atoms with Crippen molar-refractivity contribution in [1.82, 2.24) is 5.32 Å². The van der Waals surface area contributed by atoms with Gasteiger partial charge in [-0.3, -0.25) is 10.1 Å². The Morgan fingerprint density at radius 2 is 2.14 bits per heavy atom. The average Bonchev–Trinajstić information content (AvgIpc) is 2.44. The maximum Gasteiger partial charge on any atom is 0.270 e. The molecular weight excluding hydrogens is 272 g/mol. The summed E-state index contributed by atoms with van der Waals surface area (Å²) in [6, 6.07) is 4.52. The van der Waals surface area contributed by atoms with Gasteiger partial charge in [-0.1, -0.05) is 20.8 Å². The van der Waals surface area contributed by atoms with Crippen molar-refractivity contribution in [2.45, 2.75) is 39.8 Å². The number of rotatable bonds is 9. The molecule has 0 heterocycles. The van der Waals surface area contributed by atoms with E-state index in [4.69, 9.17) is 4.74 Å². The summed E-state index contributed by atoms with van der Waals surface area (Å²) in [6.45, 7) is 7.56. The fourth-order valence-electron chi connectivity index (χ4n) is 1.76. The maximum atomic E-state index is 10.9. The van der Waals surface area contributed by atoms with Crippen molar-refractivity contribution in [2.24, 2.45) is 5.92 Å². The highest BCUT2D eigenvalue weighted by Gasteiger charge is 2.13. The first-order valence-electron chi connectivity index (χ1n) is 7.22. The van der Waals surface area contributed by atoms with Crippen molar-refractivity contribution in [3.63, 3.8) is 0 Å². The number of hydrogen-bond acceptors (Lipinski definition) is 5. The van der Waals surface area contributed by atoms with Crippen LogP contribution in [0.4, 0.5) is 5.69 Å². The van der Waals surface area contributed by atoms with Crippen LogP contribution in [0.2, 0.25) is 0 Å². The summed E-state index contributed by atoms with van der Waals surface area (Å²) in [7, 11) is 0. The van der Waals surface area contributed by atoms with E-state index < -0.39 is 11.0 Å². The zero-order chi connectivity index (χ0) is 15.8. The van der Waals surface area contributed by atoms with E-state index in [1.807, 2.05) is 6.92 Å². The van der Waals surface area contributed by atoms with Crippen molar-refractivity contribution in [3.8, 4) is 5.75 Å². The van der Waals surface area contributed by atoms with Gasteiger partial charge in [-0.05, 0) is 24.9 Å². The van der Waals surface area contributed by atoms with Crippen molar-refractivity contribution < 1.29 is 14.8 Å². The van der Waals surface area contributed by atoms with E-state index in [9.17, 15) is 15.2 Å². The second kappa shape index (κ2) is 8.59. The van der Waals surface area contributed by atoms with Crippen LogP contribution >= 0.6 is 0 Å². The van der Waals surface area contributed by atoms with Gasteiger partial charge in [0.25, 0.3) is 5.69 Å². The number of ether oxygens (including phenoxy) is 1. The number of aliphatic hydroxyl groups excluding tert-OH is 1. The van der Waals surface area contributed by atoms with Gasteiger partial charge >= 0.3 is 0 Å². The minimum absolute atomic E-state index is 0.0414. The lowest BCUT2D eigenvalue weighted by Gasteiger charge is -2.15. The smallest absolute Gasteiger partial charge is 0.270 e. The molecule has 0 radical (unpaired) electrons. The van der Waals surface area contributed by atoms with E-state index in [-0.39, 0.29) is 12.3 Å². The summed E-state index contributed by atoms with van der Waals surface area (Å²) in [6.07, 6.45) is 0.0742. The lowest BCUT2D eigenvalue weighted by molar-refractivity contribution is -0.384. The van der Waals surface area contributed by atoms with Crippen LogP contribution in [0.15, 0.2) is 18.2 Å². The molecule has 0 spiro atoms. The molecule has 0 aromatic heterocycles. The van der Waals surface area contributed by atoms with Crippen LogP contribution in [0, 0.1) is 16.0 Å². The summed E-state index contributed by atoms with van der Waals surface area (Å²) in [5.74, 6) is 1.07. The lowest BCUT2D eigenvalue weighted by Crippen LogP contribution is -2.21. The van der Waals surface area contributed by atoms with E-state index in [1.165, 1.54) is 12.1 Å². The standard InChI is InChI=1S/C15H24N2O4/c1-4-14(18)10-21-15-6-5-13(17(19)20)7-12(15)9-16-8-11(2)3/h5-7,11,14,16,18H,4,8-10H2,1-3H3. The highest BCUT2D eigenvalue weighted by atomic mass is 16.6. The zero-order valence-corrected chi connectivity index (χ0v) is 12.8. The van der Waals surface area contributed by atoms with Crippen LogP contribution in [-0.4, -0.2) is 29.3 Å². The second-order valence-corrected chi connectivity index (χ2v) is 5.45. The summed E-state index contributed by atoms with van der Waals surface area (Å²) in [4.78, 5) is 10.4. The summed E-state index contributed by atoms with van der Waals surface area (Å²) < 4.78 is 5.57. The number of non-ortho nitro benzene ring substituents is 1. The molecular formula is C15H24N2O4. The predicted molar refractivity (Wildman–Crippen MR) is 81.4 cm³/mol. The Balaban J connectivity index is 2.81. The number of nitro groups is 1. The quantitative estimate of drug-likeness (QED) is 0.540. The largest absolute Gasteiger partial charge is 0.491 e. The number of nitro benzene ring substituents is 1. The first-order chi connectivity index (χ1) is 9.93. The molecule has 1 rings (SSSR count). The van der Waals surface area contributed by atoms with E-state index in [1.54, 1.807) is 6.07 Å². The van der Waals surface area contributed by atoms with Gasteiger partial charge in [0.05, 0.1) is 11.0 Å². The minimum Gasteiger partial charge on any atom is -0.491 e. The summed E-state index contributed by atoms with van der Waals surface area (Å²) in [5, 5.41) is 23.7. The third-order valence-electron chi connectivity index (χ3n) is 3.03. The Morgan fingerprint density at radius 1 is 1.43 bits per heavy atom. The Hall–Kier alpha value is -1.66. The molecule has 6 nitrogen and oxygen atoms in total. The molecule has 6 heteroatoms. The van der Waals surface area contributed by atoms with E-state index in [0.717, 1.165) is 12.1 Å². The van der Waals surface area contributed by atoms with Crippen LogP contribution < -0.4 is 10.1 Å². The molecule has 2 N–H and O–H groups in total. The van der Waals surface area contributed by atoms with Crippen LogP contribution in [0.3, 0.4) is 0 Å². The first-order valence-corrected chi connectivity index (χ1v) is 7.22. The number of hydrogen-bond donors (Lipinski definition) is 2. The highest BCUT2D eigenvalue weighted by Crippen LogP contribution is 2.24. The van der Waals surface area contributed by atoms with Gasteiger partial charge in [-0.2, -0.15) is 0 Å². The second-order valence-electron chi connectivity index (χ2n) is 5.45. The average molecular weight is 296 g/mol. The summed E-state index contributed by atoms with van der Waals surface area (Å²) in [5.41, 5.74) is 0.771. The van der Waals surface area contributed by atoms with E-state index in [2.05, 4.69) is 19.2 Å². The van der Waals surface area contributed by atoms with Gasteiger partial charge < -0.3 is 15.2 Å². The fourth-order valence-corrected chi connectivity index (χ4v) is 1.76. The van der Waals surface area contributed by atoms with Crippen LogP contribution in [0.5, 0.6) is 5.75 Å². The predicted octanol–water partition coefficient (Wildman–Crippen LogP) is 2.49. The molecule has 1 aromatic rings. The molecule has 1 unspecified atom stereocenters. The van der Waals surface area contributed by atoms with E-state index in [0.29, 0.717) is 24.6 Å². The molecule has 0 amide bonds. The van der Waals surface area contributed by atoms with Crippen molar-refractivity contribution in [1.29, 1.82) is 0 Å². The number of aliphatic hydroxyl groups is 1. The fraction of sp³-hybridized carbons (Fsp3) is 0.600. The Bertz CT molecular complexity index is 463. The lowest BCUT2D eigenvalue weighted by atomic mass is 10.1. The molecule has 1 aromatic carbocycles. The molecule has 1 atom stereocenters. The van der Waals surface area contributed by atoms with E-state index >= 15 is 0 Å². The SMILES string of the molecule is CCC(O)COc1ccc([N+](=O)[O-])cc1CNCC(C)C. The number of benzene rings is 1. The normalized spacial score (nSPS) is 12.4. The molecule has 0 saturated carbocycles. The van der Waals surface area contributed by atoms with Gasteiger partial charge in [0, 0.05) is 24.2 Å². The number of nitrogens with one attached hydrogen (secondary N) is 1. The van der Waals surface area contributed by atoms with Crippen molar-refractivity contribution in [2.75, 3.05) is 13.2 Å². The third kappa shape index (κ3) is 6.10. The van der Waals surface area contributed by atoms with Gasteiger partial charge in [-0.25, -0.2) is 0 Å². The molecule has 0 saturated heterocycles. The third-order valence-corrected chi connectivity index (χ3v) is 3.03. The number of nitrogens with zero attached hydrogens (tertiary/aromatic N) is 1. The molecule has 0 aliphatic heterocycles. The highest BCUT2D eigenvalue weighted by molar-refractivity contribution is 5.43. The molecule has 0 bridgehead atoms. The van der Waals surface area contributed by atoms with Gasteiger partial charge in [0.15, 0.2) is 0 Å². The van der Waals surface area contributed by atoms with Crippen LogP contribution in [0.25, 0.3) is 0 Å². The topological polar surface area (TPSA) is 84.6 Å². The van der Waals surface area contributed by atoms with Crippen LogP contribution in [0.1, 0.15) is 32.8 Å². The molecule has 21 heavy (non-hydrogen) atoms. The van der Waals surface area contributed by atoms with Crippen molar-refractivity contribution >= 4 is 5.69 Å². The molecule has 0 aliphatic rings. The first kappa shape index (κ1) is 17.4. The molecule has 0 fully saturated rings. The zero-order valence-electron chi connectivity index (χ0n) is 12.8. The maximum absolute atomic E-state index is 10.9. The van der Waals surface area contributed by atoms with Gasteiger partial charge in [0.2, 0.25) is 0 Å². The Labute approximate surface area is 125 Å². The minimum atomic E-state index is -0.531. The van der Waals surface area contributed by atoms with Crippen molar-refractivity contribution in [3.05, 3.63) is 33.9 Å². The van der Waals surface area contributed by atoms with Crippen LogP contribution in [-0.2, 0) is 6.54 Å². The van der Waals surface area contributed by atoms with Gasteiger partial charge in [-0.15, -0.1) is 0 Å².